The Balaban J connectivity index is 1.50. The molecule has 1 aliphatic heterocycles. The number of ether oxygens (including phenoxy) is 1. The normalized spacial score (nSPS) is 19.5. The zero-order chi connectivity index (χ0) is 18.4. The van der Waals surface area contributed by atoms with Gasteiger partial charge in [0.15, 0.2) is 6.61 Å². The van der Waals surface area contributed by atoms with Crippen LogP contribution in [0.4, 0.5) is 0 Å². The summed E-state index contributed by atoms with van der Waals surface area (Å²) in [7, 11) is 0. The number of nitriles is 1. The van der Waals surface area contributed by atoms with E-state index >= 15 is 0 Å². The van der Waals surface area contributed by atoms with Crippen molar-refractivity contribution >= 4 is 35.4 Å². The van der Waals surface area contributed by atoms with Gasteiger partial charge >= 0.3 is 5.97 Å². The highest BCUT2D eigenvalue weighted by Crippen LogP contribution is 2.43. The largest absolute Gasteiger partial charge is 0.452 e. The van der Waals surface area contributed by atoms with E-state index in [1.54, 1.807) is 12.1 Å². The van der Waals surface area contributed by atoms with E-state index in [-0.39, 0.29) is 6.61 Å². The molecule has 0 radical (unpaired) electrons. The molecule has 1 aromatic carbocycles. The predicted octanol–water partition coefficient (Wildman–Crippen LogP) is 3.66. The molecule has 1 aliphatic carbocycles. The molecule has 26 heavy (non-hydrogen) atoms. The molecule has 0 bridgehead atoms. The minimum Gasteiger partial charge on any atom is -0.452 e. The van der Waals surface area contributed by atoms with Crippen molar-refractivity contribution < 1.29 is 14.3 Å². The molecule has 2 fully saturated rings. The number of esters is 1. The second-order valence-corrected chi connectivity index (χ2v) is 9.30. The van der Waals surface area contributed by atoms with E-state index in [1.165, 1.54) is 23.5 Å². The second-order valence-electron chi connectivity index (χ2n) is 6.57. The molecule has 1 amide bonds. The van der Waals surface area contributed by atoms with Gasteiger partial charge in [-0.1, -0.05) is 12.1 Å². The lowest BCUT2D eigenvalue weighted by molar-refractivity contribution is -0.125. The topological polar surface area (TPSA) is 79.2 Å². The van der Waals surface area contributed by atoms with E-state index in [4.69, 9.17) is 4.74 Å². The van der Waals surface area contributed by atoms with E-state index < -0.39 is 17.4 Å². The third-order valence-electron chi connectivity index (χ3n) is 4.63. The number of carbonyl (C=O) groups excluding carboxylic acids is 2. The summed E-state index contributed by atoms with van der Waals surface area (Å²) in [5, 5.41) is 12.0. The Kier molecular flexibility index (Phi) is 6.49. The highest BCUT2D eigenvalue weighted by Gasteiger charge is 2.35. The highest BCUT2D eigenvalue weighted by molar-refractivity contribution is 8.16. The van der Waals surface area contributed by atoms with Crippen LogP contribution in [0.5, 0.6) is 0 Å². The SMILES string of the molecule is N#CC1(NC(=O)COC(=O)c2ccc(C3SCCCS3)cc2)CCCC1. The lowest BCUT2D eigenvalue weighted by Crippen LogP contribution is -2.46. The smallest absolute Gasteiger partial charge is 0.338 e. The molecule has 0 atom stereocenters. The first-order valence-corrected chi connectivity index (χ1v) is 10.9. The fraction of sp³-hybridized carbons (Fsp3) is 0.526. The van der Waals surface area contributed by atoms with E-state index in [9.17, 15) is 14.9 Å². The van der Waals surface area contributed by atoms with Crippen molar-refractivity contribution in [2.24, 2.45) is 0 Å². The molecule has 2 aliphatic rings. The Morgan fingerprint density at radius 2 is 1.81 bits per heavy atom. The molecule has 138 valence electrons. The number of rotatable bonds is 5. The average molecular weight is 391 g/mol. The van der Waals surface area contributed by atoms with Gasteiger partial charge in [0.25, 0.3) is 5.91 Å². The molecule has 1 saturated carbocycles. The predicted molar refractivity (Wildman–Crippen MR) is 104 cm³/mol. The molecule has 1 aromatic rings. The molecule has 1 N–H and O–H groups in total. The zero-order valence-corrected chi connectivity index (χ0v) is 16.2. The summed E-state index contributed by atoms with van der Waals surface area (Å²) in [5.74, 6) is 1.39. The van der Waals surface area contributed by atoms with Crippen LogP contribution in [0.2, 0.25) is 0 Å². The molecule has 3 rings (SSSR count). The van der Waals surface area contributed by atoms with Crippen molar-refractivity contribution in [3.05, 3.63) is 35.4 Å². The molecule has 0 spiro atoms. The summed E-state index contributed by atoms with van der Waals surface area (Å²) in [6.45, 7) is -0.363. The van der Waals surface area contributed by atoms with Gasteiger partial charge in [-0.15, -0.1) is 23.5 Å². The summed E-state index contributed by atoms with van der Waals surface area (Å²) >= 11 is 3.86. The maximum absolute atomic E-state index is 12.1. The number of carbonyl (C=O) groups is 2. The van der Waals surface area contributed by atoms with Crippen molar-refractivity contribution in [3.8, 4) is 6.07 Å². The number of amides is 1. The maximum Gasteiger partial charge on any atom is 0.338 e. The molecule has 5 nitrogen and oxygen atoms in total. The van der Waals surface area contributed by atoms with Crippen LogP contribution in [0, 0.1) is 11.3 Å². The zero-order valence-electron chi connectivity index (χ0n) is 14.5. The first-order valence-electron chi connectivity index (χ1n) is 8.84. The van der Waals surface area contributed by atoms with Crippen LogP contribution in [0.25, 0.3) is 0 Å². The van der Waals surface area contributed by atoms with Gasteiger partial charge < -0.3 is 10.1 Å². The van der Waals surface area contributed by atoms with E-state index in [0.717, 1.165) is 12.8 Å². The van der Waals surface area contributed by atoms with Crippen LogP contribution < -0.4 is 5.32 Å². The third-order valence-corrected chi connectivity index (χ3v) is 7.64. The average Bonchev–Trinajstić information content (AvgIpc) is 3.16. The van der Waals surface area contributed by atoms with Crippen molar-refractivity contribution in [1.82, 2.24) is 5.32 Å². The fourth-order valence-corrected chi connectivity index (χ4v) is 6.11. The van der Waals surface area contributed by atoms with Gasteiger partial charge in [-0.2, -0.15) is 5.26 Å². The Morgan fingerprint density at radius 1 is 1.15 bits per heavy atom. The van der Waals surface area contributed by atoms with Crippen LogP contribution in [0.1, 0.15) is 52.6 Å². The van der Waals surface area contributed by atoms with E-state index in [2.05, 4.69) is 11.4 Å². The third kappa shape index (κ3) is 4.74. The van der Waals surface area contributed by atoms with Crippen LogP contribution >= 0.6 is 23.5 Å². The van der Waals surface area contributed by atoms with Crippen molar-refractivity contribution in [2.45, 2.75) is 42.2 Å². The van der Waals surface area contributed by atoms with Crippen LogP contribution in [-0.4, -0.2) is 35.5 Å². The van der Waals surface area contributed by atoms with Crippen molar-refractivity contribution in [1.29, 1.82) is 5.26 Å². The van der Waals surface area contributed by atoms with Gasteiger partial charge in [0.1, 0.15) is 5.54 Å². The quantitative estimate of drug-likeness (QED) is 0.773. The Hall–Kier alpha value is -1.65. The number of hydrogen-bond donors (Lipinski definition) is 1. The number of thioether (sulfide) groups is 2. The van der Waals surface area contributed by atoms with Gasteiger partial charge in [0, 0.05) is 0 Å². The summed E-state index contributed by atoms with van der Waals surface area (Å²) in [6, 6.07) is 9.60. The molecular formula is C19H22N2O3S2. The summed E-state index contributed by atoms with van der Waals surface area (Å²) in [4.78, 5) is 24.2. The van der Waals surface area contributed by atoms with Crippen LogP contribution in [-0.2, 0) is 9.53 Å². The standard InChI is InChI=1S/C19H22N2O3S2/c20-13-19(8-1-2-9-19)21-16(22)12-24-17(23)14-4-6-15(7-5-14)18-25-10-3-11-26-18/h4-7,18H,1-3,8-12H2,(H,21,22). The van der Waals surface area contributed by atoms with Gasteiger partial charge in [-0.25, -0.2) is 4.79 Å². The van der Waals surface area contributed by atoms with Crippen molar-refractivity contribution in [2.75, 3.05) is 18.1 Å². The lowest BCUT2D eigenvalue weighted by Gasteiger charge is -2.22. The Labute approximate surface area is 162 Å². The van der Waals surface area contributed by atoms with Gasteiger partial charge in [0.05, 0.1) is 16.2 Å². The summed E-state index contributed by atoms with van der Waals surface area (Å²) in [6.07, 6.45) is 4.41. The highest BCUT2D eigenvalue weighted by atomic mass is 32.2. The number of hydrogen-bond acceptors (Lipinski definition) is 6. The maximum atomic E-state index is 12.1. The minimum atomic E-state index is -0.791. The first kappa shape index (κ1) is 19.1. The van der Waals surface area contributed by atoms with Gasteiger partial charge in [-0.05, 0) is 61.3 Å². The summed E-state index contributed by atoms with van der Waals surface area (Å²) < 4.78 is 5.53. The van der Waals surface area contributed by atoms with Gasteiger partial charge in [0.2, 0.25) is 0 Å². The van der Waals surface area contributed by atoms with Crippen molar-refractivity contribution in [3.63, 3.8) is 0 Å². The number of benzene rings is 1. The van der Waals surface area contributed by atoms with Gasteiger partial charge in [-0.3, -0.25) is 4.79 Å². The second kappa shape index (κ2) is 8.83. The molecule has 1 heterocycles. The number of nitrogens with zero attached hydrogens (tertiary/aromatic N) is 1. The molecule has 7 heteroatoms. The Bertz CT molecular complexity index is 688. The molecular weight excluding hydrogens is 368 g/mol. The Morgan fingerprint density at radius 3 is 2.42 bits per heavy atom. The fourth-order valence-electron chi connectivity index (χ4n) is 3.22. The molecule has 0 aromatic heterocycles. The van der Waals surface area contributed by atoms with E-state index in [1.807, 2.05) is 35.7 Å². The van der Waals surface area contributed by atoms with E-state index in [0.29, 0.717) is 23.0 Å². The first-order chi connectivity index (χ1) is 12.6. The minimum absolute atomic E-state index is 0.363. The molecule has 0 unspecified atom stereocenters. The number of nitrogens with one attached hydrogen (secondary N) is 1. The molecule has 1 saturated heterocycles. The van der Waals surface area contributed by atoms with Crippen LogP contribution in [0.15, 0.2) is 24.3 Å². The lowest BCUT2D eigenvalue weighted by atomic mass is 10.00. The monoisotopic (exact) mass is 390 g/mol. The van der Waals surface area contributed by atoms with Crippen LogP contribution in [0.3, 0.4) is 0 Å². The summed E-state index contributed by atoms with van der Waals surface area (Å²) in [5.41, 5.74) is 0.843.